The standard InChI is InChI=1S/C15H22Cl2N2O2.2ClH/c1-2-21-15-12(9-13(16)10-14(15)17)11-18-3-4-19-5-7-20-8-6-19;;/h9-10,18H,2-8,11H2,1H3;2*1H/p-2. The number of ether oxygens (including phenoxy) is 2. The summed E-state index contributed by atoms with van der Waals surface area (Å²) in [6.45, 7) is 8.83. The SMILES string of the molecule is CCOc1c(Cl)cc(Cl)cc1CNCCN1CCOCC1.[Cl-].[Cl-]. The van der Waals surface area contributed by atoms with Gasteiger partial charge in [-0.15, -0.1) is 0 Å². The summed E-state index contributed by atoms with van der Waals surface area (Å²) >= 11 is 12.3. The van der Waals surface area contributed by atoms with Gasteiger partial charge in [0.2, 0.25) is 0 Å². The first-order valence-electron chi connectivity index (χ1n) is 7.32. The molecule has 4 nitrogen and oxygen atoms in total. The number of nitrogens with zero attached hydrogens (tertiary/aromatic N) is 1. The van der Waals surface area contributed by atoms with Gasteiger partial charge in [-0.3, -0.25) is 4.90 Å². The number of morpholine rings is 1. The fourth-order valence-electron chi connectivity index (χ4n) is 2.34. The van der Waals surface area contributed by atoms with Crippen molar-refractivity contribution in [1.82, 2.24) is 10.2 Å². The van der Waals surface area contributed by atoms with E-state index in [1.807, 2.05) is 13.0 Å². The monoisotopic (exact) mass is 402 g/mol. The summed E-state index contributed by atoms with van der Waals surface area (Å²) in [5.41, 5.74) is 0.997. The van der Waals surface area contributed by atoms with E-state index in [1.54, 1.807) is 6.07 Å². The largest absolute Gasteiger partial charge is 1.00 e. The third kappa shape index (κ3) is 7.65. The first-order valence-corrected chi connectivity index (χ1v) is 8.08. The van der Waals surface area contributed by atoms with Crippen LogP contribution >= 0.6 is 23.2 Å². The van der Waals surface area contributed by atoms with Crippen molar-refractivity contribution in [2.75, 3.05) is 46.0 Å². The lowest BCUT2D eigenvalue weighted by Gasteiger charge is -2.26. The van der Waals surface area contributed by atoms with E-state index < -0.39 is 0 Å². The lowest BCUT2D eigenvalue weighted by atomic mass is 10.2. The van der Waals surface area contributed by atoms with E-state index >= 15 is 0 Å². The Balaban J connectivity index is 0.00000242. The van der Waals surface area contributed by atoms with Gasteiger partial charge in [0.05, 0.1) is 24.8 Å². The van der Waals surface area contributed by atoms with E-state index in [4.69, 9.17) is 32.7 Å². The molecule has 0 radical (unpaired) electrons. The van der Waals surface area contributed by atoms with Gasteiger partial charge >= 0.3 is 0 Å². The van der Waals surface area contributed by atoms with Gasteiger partial charge in [-0.25, -0.2) is 0 Å². The normalized spacial score (nSPS) is 14.7. The zero-order valence-corrected chi connectivity index (χ0v) is 16.1. The Labute approximate surface area is 160 Å². The van der Waals surface area contributed by atoms with Crippen LogP contribution in [-0.2, 0) is 11.3 Å². The molecule has 1 aromatic carbocycles. The highest BCUT2D eigenvalue weighted by molar-refractivity contribution is 6.35. The second-order valence-electron chi connectivity index (χ2n) is 4.94. The summed E-state index contributed by atoms with van der Waals surface area (Å²) in [6, 6.07) is 3.62. The molecule has 0 amide bonds. The Morgan fingerprint density at radius 2 is 1.91 bits per heavy atom. The molecular weight excluding hydrogens is 382 g/mol. The first-order chi connectivity index (χ1) is 10.2. The predicted octanol–water partition coefficient (Wildman–Crippen LogP) is -3.18. The second-order valence-corrected chi connectivity index (χ2v) is 5.78. The number of hydrogen-bond donors (Lipinski definition) is 1. The molecule has 0 spiro atoms. The minimum atomic E-state index is 0. The molecule has 0 bridgehead atoms. The lowest BCUT2D eigenvalue weighted by molar-refractivity contribution is -0.00100. The van der Waals surface area contributed by atoms with Crippen molar-refractivity contribution < 1.29 is 34.3 Å². The van der Waals surface area contributed by atoms with Gasteiger partial charge in [0.25, 0.3) is 0 Å². The Morgan fingerprint density at radius 3 is 2.57 bits per heavy atom. The van der Waals surface area contributed by atoms with E-state index in [9.17, 15) is 0 Å². The van der Waals surface area contributed by atoms with E-state index in [0.717, 1.165) is 50.7 Å². The molecule has 1 aromatic rings. The summed E-state index contributed by atoms with van der Waals surface area (Å²) < 4.78 is 10.9. The summed E-state index contributed by atoms with van der Waals surface area (Å²) in [4.78, 5) is 2.39. The van der Waals surface area contributed by atoms with Crippen LogP contribution < -0.4 is 34.9 Å². The fraction of sp³-hybridized carbons (Fsp3) is 0.600. The molecule has 0 saturated carbocycles. The van der Waals surface area contributed by atoms with Crippen LogP contribution in [0.3, 0.4) is 0 Å². The van der Waals surface area contributed by atoms with Gasteiger partial charge in [0.1, 0.15) is 5.75 Å². The smallest absolute Gasteiger partial charge is 0.142 e. The van der Waals surface area contributed by atoms with E-state index in [1.165, 1.54) is 0 Å². The topological polar surface area (TPSA) is 33.7 Å². The summed E-state index contributed by atoms with van der Waals surface area (Å²) in [7, 11) is 0. The first kappa shape index (κ1) is 23.1. The summed E-state index contributed by atoms with van der Waals surface area (Å²) in [5.74, 6) is 0.724. The van der Waals surface area contributed by atoms with Crippen LogP contribution in [0.15, 0.2) is 12.1 Å². The fourth-order valence-corrected chi connectivity index (χ4v) is 2.93. The molecule has 0 atom stereocenters. The van der Waals surface area contributed by atoms with Crippen LogP contribution in [0, 0.1) is 0 Å². The maximum atomic E-state index is 6.19. The number of hydrogen-bond acceptors (Lipinski definition) is 4. The van der Waals surface area contributed by atoms with Crippen molar-refractivity contribution in [3.8, 4) is 5.75 Å². The Hall–Kier alpha value is 0.0600. The molecule has 0 aromatic heterocycles. The molecule has 0 aliphatic carbocycles. The predicted molar refractivity (Wildman–Crippen MR) is 86.6 cm³/mol. The number of halogens is 4. The zero-order valence-electron chi connectivity index (χ0n) is 13.1. The number of rotatable bonds is 7. The third-order valence-corrected chi connectivity index (χ3v) is 3.90. The van der Waals surface area contributed by atoms with Crippen LogP contribution in [0.1, 0.15) is 12.5 Å². The highest BCUT2D eigenvalue weighted by Gasteiger charge is 2.12. The Bertz CT molecular complexity index is 457. The number of nitrogens with one attached hydrogen (secondary N) is 1. The quantitative estimate of drug-likeness (QED) is 0.487. The molecule has 134 valence electrons. The van der Waals surface area contributed by atoms with E-state index in [-0.39, 0.29) is 24.8 Å². The molecule has 8 heteroatoms. The molecule has 1 fully saturated rings. The van der Waals surface area contributed by atoms with Gasteiger partial charge in [0.15, 0.2) is 0 Å². The number of benzene rings is 1. The summed E-state index contributed by atoms with van der Waals surface area (Å²) in [5, 5.41) is 4.62. The average Bonchev–Trinajstić information content (AvgIpc) is 2.48. The van der Waals surface area contributed by atoms with Crippen LogP contribution in [0.4, 0.5) is 0 Å². The minimum Gasteiger partial charge on any atom is -1.00 e. The molecule has 23 heavy (non-hydrogen) atoms. The minimum absolute atomic E-state index is 0. The van der Waals surface area contributed by atoms with Crippen LogP contribution in [0.2, 0.25) is 10.0 Å². The Kier molecular flexibility index (Phi) is 12.5. The van der Waals surface area contributed by atoms with Crippen LogP contribution in [-0.4, -0.2) is 50.9 Å². The van der Waals surface area contributed by atoms with Crippen molar-refractivity contribution in [3.05, 3.63) is 27.7 Å². The van der Waals surface area contributed by atoms with Crippen molar-refractivity contribution in [2.24, 2.45) is 0 Å². The maximum Gasteiger partial charge on any atom is 0.142 e. The van der Waals surface area contributed by atoms with Gasteiger partial charge in [-0.2, -0.15) is 0 Å². The highest BCUT2D eigenvalue weighted by atomic mass is 35.5. The zero-order chi connectivity index (χ0) is 15.1. The van der Waals surface area contributed by atoms with E-state index in [0.29, 0.717) is 23.2 Å². The van der Waals surface area contributed by atoms with Gasteiger partial charge in [0, 0.05) is 43.3 Å². The van der Waals surface area contributed by atoms with Gasteiger partial charge in [-0.1, -0.05) is 23.2 Å². The molecule has 0 unspecified atom stereocenters. The van der Waals surface area contributed by atoms with Crippen molar-refractivity contribution in [2.45, 2.75) is 13.5 Å². The molecule has 1 saturated heterocycles. The highest BCUT2D eigenvalue weighted by Crippen LogP contribution is 2.32. The Morgan fingerprint density at radius 1 is 1.22 bits per heavy atom. The molecule has 1 aliphatic heterocycles. The molecular formula is C15H22Cl4N2O2-2. The van der Waals surface area contributed by atoms with Crippen molar-refractivity contribution in [3.63, 3.8) is 0 Å². The van der Waals surface area contributed by atoms with Gasteiger partial charge < -0.3 is 39.6 Å². The second kappa shape index (κ2) is 12.4. The third-order valence-electron chi connectivity index (χ3n) is 3.40. The molecule has 2 rings (SSSR count). The van der Waals surface area contributed by atoms with Gasteiger partial charge in [-0.05, 0) is 19.1 Å². The molecule has 1 heterocycles. The van der Waals surface area contributed by atoms with Crippen molar-refractivity contribution in [1.29, 1.82) is 0 Å². The molecule has 1 N–H and O–H groups in total. The van der Waals surface area contributed by atoms with Crippen molar-refractivity contribution >= 4 is 23.2 Å². The average molecular weight is 404 g/mol. The van der Waals surface area contributed by atoms with Crippen LogP contribution in [0.5, 0.6) is 5.75 Å². The molecule has 1 aliphatic rings. The summed E-state index contributed by atoms with van der Waals surface area (Å²) in [6.07, 6.45) is 0. The lowest BCUT2D eigenvalue weighted by Crippen LogP contribution is -3.00. The van der Waals surface area contributed by atoms with E-state index in [2.05, 4.69) is 10.2 Å². The van der Waals surface area contributed by atoms with Crippen LogP contribution in [0.25, 0.3) is 0 Å². The maximum absolute atomic E-state index is 6.19.